The number of nitrogens with one attached hydrogen (secondary N) is 2. The van der Waals surface area contributed by atoms with Gasteiger partial charge in [-0.2, -0.15) is 26.3 Å². The molecule has 1 heterocycles. The van der Waals surface area contributed by atoms with Crippen LogP contribution in [-0.2, 0) is 12.1 Å². The summed E-state index contributed by atoms with van der Waals surface area (Å²) in [7, 11) is 0. The molecular weight excluding hydrogens is 582 g/mol. The van der Waals surface area contributed by atoms with Crippen LogP contribution in [0.1, 0.15) is 34.3 Å². The molecular formula is C26H27ClF6N4O4. The van der Waals surface area contributed by atoms with Gasteiger partial charge in [0.1, 0.15) is 0 Å². The van der Waals surface area contributed by atoms with Gasteiger partial charge in [0.05, 0.1) is 16.3 Å². The molecule has 1 saturated heterocycles. The van der Waals surface area contributed by atoms with Gasteiger partial charge in [-0.1, -0.05) is 35.9 Å². The van der Waals surface area contributed by atoms with Crippen LogP contribution >= 0.6 is 11.6 Å². The SMILES string of the molecule is O=C(NCC1(O)CC1)Nc1ccc(C(=O)N2CCN(Cc3ccc(C(O)(C(F)(F)F)C(F)(F)F)cc3)CC2)cc1Cl. The highest BCUT2D eigenvalue weighted by atomic mass is 35.5. The zero-order valence-corrected chi connectivity index (χ0v) is 22.2. The second-order valence-electron chi connectivity index (χ2n) is 10.2. The maximum absolute atomic E-state index is 13.1. The molecule has 0 aromatic heterocycles. The number of piperazine rings is 1. The topological polar surface area (TPSA) is 105 Å². The van der Waals surface area contributed by atoms with Crippen molar-refractivity contribution in [3.8, 4) is 0 Å². The van der Waals surface area contributed by atoms with Gasteiger partial charge < -0.3 is 25.7 Å². The van der Waals surface area contributed by atoms with Crippen molar-refractivity contribution in [1.29, 1.82) is 0 Å². The van der Waals surface area contributed by atoms with Crippen molar-refractivity contribution in [2.75, 3.05) is 38.0 Å². The Labute approximate surface area is 235 Å². The number of hydrogen-bond donors (Lipinski definition) is 4. The molecule has 0 atom stereocenters. The minimum absolute atomic E-state index is 0.115. The van der Waals surface area contributed by atoms with E-state index in [4.69, 9.17) is 11.6 Å². The Morgan fingerprint density at radius 2 is 1.51 bits per heavy atom. The molecule has 1 aliphatic heterocycles. The summed E-state index contributed by atoms with van der Waals surface area (Å²) in [5, 5.41) is 24.6. The van der Waals surface area contributed by atoms with E-state index in [1.165, 1.54) is 18.2 Å². The molecule has 2 fully saturated rings. The summed E-state index contributed by atoms with van der Waals surface area (Å²) in [6.07, 6.45) is -10.7. The molecule has 1 saturated carbocycles. The Hall–Kier alpha value is -3.07. The van der Waals surface area contributed by atoms with Gasteiger partial charge in [-0.05, 0) is 36.6 Å². The first-order valence-corrected chi connectivity index (χ1v) is 12.9. The van der Waals surface area contributed by atoms with Crippen molar-refractivity contribution in [3.63, 3.8) is 0 Å². The molecule has 3 amide bonds. The number of anilines is 1. The number of hydrogen-bond acceptors (Lipinski definition) is 5. The van der Waals surface area contributed by atoms with Crippen LogP contribution in [0.15, 0.2) is 42.5 Å². The van der Waals surface area contributed by atoms with Crippen LogP contribution < -0.4 is 10.6 Å². The smallest absolute Gasteiger partial charge is 0.388 e. The molecule has 1 aliphatic carbocycles. The number of aliphatic hydroxyl groups is 2. The number of benzene rings is 2. The molecule has 2 aliphatic rings. The minimum atomic E-state index is -5.95. The average molecular weight is 609 g/mol. The van der Waals surface area contributed by atoms with E-state index in [-0.39, 0.29) is 29.7 Å². The van der Waals surface area contributed by atoms with Crippen LogP contribution in [0.3, 0.4) is 0 Å². The number of alkyl halides is 6. The zero-order valence-electron chi connectivity index (χ0n) is 21.4. The van der Waals surface area contributed by atoms with E-state index in [9.17, 15) is 46.1 Å². The maximum atomic E-state index is 13.1. The van der Waals surface area contributed by atoms with Gasteiger partial charge in [-0.15, -0.1) is 0 Å². The number of halogens is 7. The van der Waals surface area contributed by atoms with Crippen LogP contribution in [0.2, 0.25) is 5.02 Å². The van der Waals surface area contributed by atoms with Crippen LogP contribution in [0, 0.1) is 0 Å². The second-order valence-corrected chi connectivity index (χ2v) is 10.6. The van der Waals surface area contributed by atoms with Crippen LogP contribution in [0.5, 0.6) is 0 Å². The lowest BCUT2D eigenvalue weighted by Crippen LogP contribution is -2.53. The van der Waals surface area contributed by atoms with Crippen LogP contribution in [0.4, 0.5) is 36.8 Å². The number of amides is 3. The van der Waals surface area contributed by atoms with Crippen molar-refractivity contribution < 1.29 is 46.1 Å². The molecule has 0 unspecified atom stereocenters. The number of urea groups is 1. The molecule has 15 heteroatoms. The summed E-state index contributed by atoms with van der Waals surface area (Å²) < 4.78 is 78.6. The monoisotopic (exact) mass is 608 g/mol. The van der Waals surface area contributed by atoms with Gasteiger partial charge in [0.15, 0.2) is 0 Å². The Kier molecular flexibility index (Phi) is 8.52. The highest BCUT2D eigenvalue weighted by Gasteiger charge is 2.71. The molecule has 0 spiro atoms. The van der Waals surface area contributed by atoms with E-state index >= 15 is 0 Å². The van der Waals surface area contributed by atoms with E-state index in [2.05, 4.69) is 10.6 Å². The van der Waals surface area contributed by atoms with Crippen molar-refractivity contribution in [3.05, 3.63) is 64.2 Å². The largest absolute Gasteiger partial charge is 0.430 e. The first-order valence-electron chi connectivity index (χ1n) is 12.6. The van der Waals surface area contributed by atoms with Gasteiger partial charge in [0.25, 0.3) is 11.5 Å². The number of carbonyl (C=O) groups is 2. The lowest BCUT2D eigenvalue weighted by Gasteiger charge is -2.35. The summed E-state index contributed by atoms with van der Waals surface area (Å²) in [4.78, 5) is 28.5. The van der Waals surface area contributed by atoms with E-state index < -0.39 is 35.1 Å². The third kappa shape index (κ3) is 6.88. The van der Waals surface area contributed by atoms with Crippen molar-refractivity contribution in [1.82, 2.24) is 15.1 Å². The molecule has 4 N–H and O–H groups in total. The normalized spacial score (nSPS) is 17.7. The number of carbonyl (C=O) groups excluding carboxylic acids is 2. The molecule has 0 bridgehead atoms. The van der Waals surface area contributed by atoms with E-state index in [1.807, 2.05) is 4.90 Å². The van der Waals surface area contributed by atoms with Gasteiger partial charge in [-0.25, -0.2) is 4.79 Å². The first kappa shape index (κ1) is 30.9. The zero-order chi connectivity index (χ0) is 30.2. The van der Waals surface area contributed by atoms with E-state index in [0.717, 1.165) is 12.1 Å². The first-order chi connectivity index (χ1) is 19.0. The maximum Gasteiger partial charge on any atom is 0.430 e. The van der Waals surface area contributed by atoms with Gasteiger partial charge >= 0.3 is 18.4 Å². The number of rotatable bonds is 7. The highest BCUT2D eigenvalue weighted by molar-refractivity contribution is 6.34. The van der Waals surface area contributed by atoms with Crippen molar-refractivity contribution in [2.45, 2.75) is 42.9 Å². The van der Waals surface area contributed by atoms with E-state index in [1.54, 1.807) is 4.90 Å². The Balaban J connectivity index is 1.30. The molecule has 2 aromatic carbocycles. The van der Waals surface area contributed by atoms with Crippen molar-refractivity contribution in [2.24, 2.45) is 0 Å². The predicted molar refractivity (Wildman–Crippen MR) is 136 cm³/mol. The second kappa shape index (κ2) is 11.3. The van der Waals surface area contributed by atoms with Crippen LogP contribution in [0.25, 0.3) is 0 Å². The third-order valence-electron chi connectivity index (χ3n) is 7.13. The highest BCUT2D eigenvalue weighted by Crippen LogP contribution is 2.50. The average Bonchev–Trinajstić information content (AvgIpc) is 3.64. The minimum Gasteiger partial charge on any atom is -0.388 e. The summed E-state index contributed by atoms with van der Waals surface area (Å²) in [6.45, 7) is 1.72. The predicted octanol–water partition coefficient (Wildman–Crippen LogP) is 4.26. The van der Waals surface area contributed by atoms with Gasteiger partial charge in [-0.3, -0.25) is 9.69 Å². The Morgan fingerprint density at radius 1 is 0.927 bits per heavy atom. The fourth-order valence-corrected chi connectivity index (χ4v) is 4.60. The van der Waals surface area contributed by atoms with E-state index in [0.29, 0.717) is 62.3 Å². The summed E-state index contributed by atoms with van der Waals surface area (Å²) >= 11 is 6.25. The fraction of sp³-hybridized carbons (Fsp3) is 0.462. The lowest BCUT2D eigenvalue weighted by molar-refractivity contribution is -0.376. The molecule has 4 rings (SSSR count). The fourth-order valence-electron chi connectivity index (χ4n) is 4.37. The number of nitrogens with zero attached hydrogens (tertiary/aromatic N) is 2. The quantitative estimate of drug-likeness (QED) is 0.352. The van der Waals surface area contributed by atoms with Crippen LogP contribution in [-0.4, -0.2) is 82.6 Å². The lowest BCUT2D eigenvalue weighted by atomic mass is 9.91. The molecule has 2 aromatic rings. The van der Waals surface area contributed by atoms with Gasteiger partial charge in [0.2, 0.25) is 0 Å². The Bertz CT molecular complexity index is 1260. The summed E-state index contributed by atoms with van der Waals surface area (Å²) in [6, 6.07) is 7.28. The molecule has 224 valence electrons. The third-order valence-corrected chi connectivity index (χ3v) is 7.44. The molecule has 0 radical (unpaired) electrons. The standard InChI is InChI=1S/C26H27ClF6N4O4/c27-19-13-17(3-6-20(19)35-22(39)34-15-23(40)7-8-23)21(38)37-11-9-36(10-12-37)14-16-1-4-18(5-2-16)24(41,25(28,29)30)26(31,32)33/h1-6,13,40-41H,7-12,14-15H2,(H2,34,35,39). The summed E-state index contributed by atoms with van der Waals surface area (Å²) in [5.41, 5.74) is -6.15. The van der Waals surface area contributed by atoms with Gasteiger partial charge in [0, 0.05) is 50.4 Å². The summed E-state index contributed by atoms with van der Waals surface area (Å²) in [5.74, 6) is -0.304. The molecule has 41 heavy (non-hydrogen) atoms. The van der Waals surface area contributed by atoms with Crippen molar-refractivity contribution >= 4 is 29.2 Å². The molecule has 8 nitrogen and oxygen atoms in total. The Morgan fingerprint density at radius 3 is 2.02 bits per heavy atom.